The lowest BCUT2D eigenvalue weighted by Crippen LogP contribution is -2.06. The third-order valence-corrected chi connectivity index (χ3v) is 1.58. The fourth-order valence-corrected chi connectivity index (χ4v) is 0.957. The first-order valence-electron chi connectivity index (χ1n) is 3.67. The quantitative estimate of drug-likeness (QED) is 0.788. The van der Waals surface area contributed by atoms with Crippen molar-refractivity contribution in [1.82, 2.24) is 4.98 Å². The molecule has 3 nitrogen and oxygen atoms in total. The van der Waals surface area contributed by atoms with Crippen LogP contribution in [0, 0.1) is 17.1 Å². The summed E-state index contributed by atoms with van der Waals surface area (Å²) in [5, 5.41) is 8.42. The van der Waals surface area contributed by atoms with Crippen LogP contribution in [0.2, 0.25) is 0 Å². The number of aromatic nitrogens is 1. The van der Waals surface area contributed by atoms with Crippen LogP contribution in [0.4, 0.5) is 13.2 Å². The van der Waals surface area contributed by atoms with Gasteiger partial charge in [-0.15, -0.1) is 0 Å². The van der Waals surface area contributed by atoms with Crippen LogP contribution in [0.25, 0.3) is 0 Å². The molecule has 0 aliphatic heterocycles. The maximum atomic E-state index is 13.0. The molecule has 0 fully saturated rings. The molecule has 0 spiro atoms. The first kappa shape index (κ1) is 10.5. The van der Waals surface area contributed by atoms with Gasteiger partial charge in [0.25, 0.3) is 6.43 Å². The van der Waals surface area contributed by atoms with Crippen LogP contribution in [0.5, 0.6) is 0 Å². The van der Waals surface area contributed by atoms with E-state index >= 15 is 0 Å². The maximum Gasteiger partial charge on any atom is 0.281 e. The molecule has 0 atom stereocenters. The number of nitrogens with two attached hydrogens (primary N) is 1. The third-order valence-electron chi connectivity index (χ3n) is 1.58. The number of nitrogens with zero attached hydrogens (tertiary/aromatic N) is 2. The van der Waals surface area contributed by atoms with E-state index < -0.39 is 23.5 Å². The van der Waals surface area contributed by atoms with E-state index in [0.717, 1.165) is 6.07 Å². The monoisotopic (exact) mass is 201 g/mol. The van der Waals surface area contributed by atoms with Gasteiger partial charge in [-0.3, -0.25) is 0 Å². The maximum absolute atomic E-state index is 13.0. The van der Waals surface area contributed by atoms with Crippen molar-refractivity contribution in [1.29, 1.82) is 5.26 Å². The van der Waals surface area contributed by atoms with Gasteiger partial charge >= 0.3 is 0 Å². The Morgan fingerprint density at radius 1 is 1.57 bits per heavy atom. The fraction of sp³-hybridized carbons (Fsp3) is 0.250. The van der Waals surface area contributed by atoms with Crippen LogP contribution in [-0.4, -0.2) is 4.98 Å². The summed E-state index contributed by atoms with van der Waals surface area (Å²) in [6.07, 6.45) is -2.98. The van der Waals surface area contributed by atoms with E-state index in [-0.39, 0.29) is 12.2 Å². The minimum atomic E-state index is -2.98. The van der Waals surface area contributed by atoms with Crippen LogP contribution in [0.3, 0.4) is 0 Å². The fourth-order valence-electron chi connectivity index (χ4n) is 0.957. The van der Waals surface area contributed by atoms with Gasteiger partial charge in [-0.1, -0.05) is 0 Å². The number of hydrogen-bond donors (Lipinski definition) is 1. The summed E-state index contributed by atoms with van der Waals surface area (Å²) < 4.78 is 37.6. The Labute approximate surface area is 78.0 Å². The molecule has 1 heterocycles. The normalized spacial score (nSPS) is 10.3. The minimum Gasteiger partial charge on any atom is -0.325 e. The predicted octanol–water partition coefficient (Wildman–Crippen LogP) is 1.49. The second-order valence-electron chi connectivity index (χ2n) is 2.47. The number of halogens is 3. The molecule has 74 valence electrons. The van der Waals surface area contributed by atoms with E-state index in [1.165, 1.54) is 6.07 Å². The summed E-state index contributed by atoms with van der Waals surface area (Å²) in [5.74, 6) is -1.02. The van der Waals surface area contributed by atoms with Gasteiger partial charge in [0, 0.05) is 6.54 Å². The van der Waals surface area contributed by atoms with E-state index in [1.807, 2.05) is 0 Å². The summed E-state index contributed by atoms with van der Waals surface area (Å²) in [7, 11) is 0. The number of nitriles is 1. The summed E-state index contributed by atoms with van der Waals surface area (Å²) >= 11 is 0. The first-order chi connectivity index (χ1) is 6.60. The molecule has 0 radical (unpaired) electrons. The molecule has 0 aliphatic rings. The highest BCUT2D eigenvalue weighted by Crippen LogP contribution is 2.22. The van der Waals surface area contributed by atoms with E-state index in [4.69, 9.17) is 11.0 Å². The summed E-state index contributed by atoms with van der Waals surface area (Å²) in [5.41, 5.74) is 3.54. The number of rotatable bonds is 2. The lowest BCUT2D eigenvalue weighted by atomic mass is 10.2. The van der Waals surface area contributed by atoms with E-state index in [1.54, 1.807) is 0 Å². The largest absolute Gasteiger partial charge is 0.325 e. The van der Waals surface area contributed by atoms with Crippen molar-refractivity contribution in [3.05, 3.63) is 28.8 Å². The number of alkyl halides is 2. The first-order valence-corrected chi connectivity index (χ1v) is 3.67. The van der Waals surface area contributed by atoms with Crippen LogP contribution >= 0.6 is 0 Å². The van der Waals surface area contributed by atoms with E-state index in [0.29, 0.717) is 0 Å². The molecule has 0 aromatic carbocycles. The second-order valence-corrected chi connectivity index (χ2v) is 2.47. The van der Waals surface area contributed by atoms with Crippen molar-refractivity contribution >= 4 is 0 Å². The predicted molar refractivity (Wildman–Crippen MR) is 41.8 cm³/mol. The van der Waals surface area contributed by atoms with Crippen molar-refractivity contribution in [2.75, 3.05) is 0 Å². The molecule has 1 aromatic rings. The Morgan fingerprint density at radius 3 is 2.64 bits per heavy atom. The van der Waals surface area contributed by atoms with Crippen molar-refractivity contribution in [3.63, 3.8) is 0 Å². The smallest absolute Gasteiger partial charge is 0.281 e. The average Bonchev–Trinajstić information content (AvgIpc) is 2.16. The highest BCUT2D eigenvalue weighted by atomic mass is 19.3. The molecular formula is C8H6F3N3. The second kappa shape index (κ2) is 4.07. The van der Waals surface area contributed by atoms with E-state index in [9.17, 15) is 13.2 Å². The zero-order chi connectivity index (χ0) is 10.7. The van der Waals surface area contributed by atoms with Crippen LogP contribution in [-0.2, 0) is 6.54 Å². The molecule has 1 aromatic heterocycles. The molecule has 0 bridgehead atoms. The van der Waals surface area contributed by atoms with Gasteiger partial charge in [0.1, 0.15) is 23.1 Å². The molecule has 6 heteroatoms. The molecule has 2 N–H and O–H groups in total. The molecule has 0 saturated heterocycles. The van der Waals surface area contributed by atoms with Gasteiger partial charge in [-0.25, -0.2) is 18.2 Å². The molecule has 1 rings (SSSR count). The third kappa shape index (κ3) is 1.83. The topological polar surface area (TPSA) is 62.7 Å². The molecule has 0 saturated carbocycles. The van der Waals surface area contributed by atoms with Crippen LogP contribution < -0.4 is 5.73 Å². The standard InChI is InChI=1S/C8H6F3N3/c9-6-1-4(2-12)14-7(8(10)11)5(6)3-13/h1,8H,2,12H2. The van der Waals surface area contributed by atoms with E-state index in [2.05, 4.69) is 4.98 Å². The lowest BCUT2D eigenvalue weighted by Gasteiger charge is -2.05. The van der Waals surface area contributed by atoms with Crippen LogP contribution in [0.15, 0.2) is 6.07 Å². The number of hydrogen-bond acceptors (Lipinski definition) is 3. The minimum absolute atomic E-state index is 0.00296. The number of pyridine rings is 1. The van der Waals surface area contributed by atoms with Gasteiger partial charge in [-0.2, -0.15) is 5.26 Å². The Kier molecular flexibility index (Phi) is 3.04. The molecule has 14 heavy (non-hydrogen) atoms. The highest BCUT2D eigenvalue weighted by Gasteiger charge is 2.19. The summed E-state index contributed by atoms with van der Waals surface area (Å²) in [6.45, 7) is -0.150. The van der Waals surface area contributed by atoms with Crippen molar-refractivity contribution < 1.29 is 13.2 Å². The van der Waals surface area contributed by atoms with Gasteiger partial charge in [0.15, 0.2) is 0 Å². The molecular weight excluding hydrogens is 195 g/mol. The Morgan fingerprint density at radius 2 is 2.21 bits per heavy atom. The SMILES string of the molecule is N#Cc1c(F)cc(CN)nc1C(F)F. The van der Waals surface area contributed by atoms with Crippen molar-refractivity contribution in [2.24, 2.45) is 5.73 Å². The zero-order valence-corrected chi connectivity index (χ0v) is 6.97. The summed E-state index contributed by atoms with van der Waals surface area (Å²) in [6, 6.07) is 2.22. The molecule has 0 aliphatic carbocycles. The van der Waals surface area contributed by atoms with Gasteiger partial charge in [0.2, 0.25) is 0 Å². The van der Waals surface area contributed by atoms with Crippen molar-refractivity contribution in [3.8, 4) is 6.07 Å². The Bertz CT molecular complexity index is 384. The van der Waals surface area contributed by atoms with Gasteiger partial charge < -0.3 is 5.73 Å². The molecule has 0 amide bonds. The zero-order valence-electron chi connectivity index (χ0n) is 6.97. The Balaban J connectivity index is 3.37. The average molecular weight is 201 g/mol. The molecule has 0 unspecified atom stereocenters. The lowest BCUT2D eigenvalue weighted by molar-refractivity contribution is 0.145. The van der Waals surface area contributed by atoms with Crippen molar-refractivity contribution in [2.45, 2.75) is 13.0 Å². The highest BCUT2D eigenvalue weighted by molar-refractivity contribution is 5.36. The Hall–Kier alpha value is -1.61. The van der Waals surface area contributed by atoms with Gasteiger partial charge in [-0.05, 0) is 6.07 Å². The van der Waals surface area contributed by atoms with Gasteiger partial charge in [0.05, 0.1) is 5.69 Å². The summed E-state index contributed by atoms with van der Waals surface area (Å²) in [4.78, 5) is 3.38. The van der Waals surface area contributed by atoms with Crippen LogP contribution in [0.1, 0.15) is 23.4 Å².